The van der Waals surface area contributed by atoms with Crippen LogP contribution in [0.3, 0.4) is 0 Å². The number of esters is 1. The van der Waals surface area contributed by atoms with Crippen LogP contribution < -0.4 is 10.6 Å². The number of aliphatic carboxylic acids is 1. The van der Waals surface area contributed by atoms with Gasteiger partial charge in [0.2, 0.25) is 5.91 Å². The van der Waals surface area contributed by atoms with Crippen LogP contribution in [0.2, 0.25) is 0 Å². The number of nitrogens with zero attached hydrogens (tertiary/aromatic N) is 2. The van der Waals surface area contributed by atoms with E-state index in [1.807, 2.05) is 0 Å². The topological polar surface area (TPSA) is 221 Å². The maximum atomic E-state index is 13.3. The normalized spacial score (nSPS) is 16.8. The number of carbonyl (C=O) groups is 7. The molecule has 16 nitrogen and oxygen atoms in total. The van der Waals surface area contributed by atoms with Gasteiger partial charge >= 0.3 is 24.1 Å². The highest BCUT2D eigenvalue weighted by atomic mass is 16.6. The number of ether oxygens (including phenoxy) is 3. The molecule has 2 rings (SSSR count). The summed E-state index contributed by atoms with van der Waals surface area (Å²) < 4.78 is 14.8. The van der Waals surface area contributed by atoms with Gasteiger partial charge in [0.1, 0.15) is 18.7 Å². The van der Waals surface area contributed by atoms with E-state index in [4.69, 9.17) is 19.3 Å². The van der Waals surface area contributed by atoms with Crippen LogP contribution >= 0.6 is 0 Å². The van der Waals surface area contributed by atoms with Crippen molar-refractivity contribution >= 4 is 41.8 Å². The van der Waals surface area contributed by atoms with Gasteiger partial charge in [0, 0.05) is 13.5 Å². The van der Waals surface area contributed by atoms with Crippen molar-refractivity contribution in [2.45, 2.75) is 64.5 Å². The van der Waals surface area contributed by atoms with Crippen molar-refractivity contribution in [3.05, 3.63) is 35.9 Å². The van der Waals surface area contributed by atoms with Crippen molar-refractivity contribution in [1.29, 1.82) is 0 Å². The number of rotatable bonds is 13. The zero-order valence-electron chi connectivity index (χ0n) is 23.5. The molecule has 1 fully saturated rings. The standard InChI is InChI=1S/C26H34N4O12/c1-5-40-24(36)20-19(42-20)23(35)30(26(38)39)29(4)22(34)18(14(2)3)28-21(33)16(11-12-17(31)32)27-25(37)41-13-15-9-7-6-8-10-15/h6-10,14,16,18-20H,5,11-13H2,1-4H3,(H,27,37)(H,28,33)(H,31,32)(H,38,39)/t16-,18-,19-,20-/m0/s1. The second-order valence-corrected chi connectivity index (χ2v) is 9.45. The molecule has 1 aliphatic rings. The average molecular weight is 595 g/mol. The van der Waals surface area contributed by atoms with Gasteiger partial charge in [-0.2, -0.15) is 0 Å². The quantitative estimate of drug-likeness (QED) is 0.139. The first-order chi connectivity index (χ1) is 19.8. The Bertz CT molecular complexity index is 1180. The SMILES string of the molecule is CCOC(=O)[C@H]1O[C@@H]1C(=O)N(C(=O)O)N(C)C(=O)[C@@H](NC(=O)[C@H](CCC(=O)O)NC(=O)OCc1ccccc1)C(C)C. The molecule has 16 heteroatoms. The van der Waals surface area contributed by atoms with Crippen LogP contribution in [-0.2, 0) is 44.8 Å². The molecular weight excluding hydrogens is 560 g/mol. The second-order valence-electron chi connectivity index (χ2n) is 9.45. The summed E-state index contributed by atoms with van der Waals surface area (Å²) in [6, 6.07) is 5.78. The number of epoxide rings is 1. The molecule has 4 atom stereocenters. The number of benzene rings is 1. The molecule has 1 aromatic carbocycles. The van der Waals surface area contributed by atoms with Gasteiger partial charge in [-0.1, -0.05) is 44.2 Å². The Balaban J connectivity index is 2.14. The lowest BCUT2D eigenvalue weighted by Crippen LogP contribution is -2.60. The molecule has 0 spiro atoms. The molecule has 0 saturated carbocycles. The molecule has 230 valence electrons. The number of carboxylic acids is 1. The summed E-state index contributed by atoms with van der Waals surface area (Å²) in [6.07, 6.45) is -6.56. The number of imide groups is 1. The fraction of sp³-hybridized carbons (Fsp3) is 0.500. The Morgan fingerprint density at radius 1 is 0.976 bits per heavy atom. The highest BCUT2D eigenvalue weighted by Gasteiger charge is 2.55. The lowest BCUT2D eigenvalue weighted by Gasteiger charge is -2.32. The Morgan fingerprint density at radius 2 is 1.62 bits per heavy atom. The Hall–Kier alpha value is -4.73. The predicted octanol–water partition coefficient (Wildman–Crippen LogP) is 0.498. The molecule has 42 heavy (non-hydrogen) atoms. The minimum absolute atomic E-state index is 0.00344. The maximum absolute atomic E-state index is 13.3. The maximum Gasteiger partial charge on any atom is 0.433 e. The minimum atomic E-state index is -1.86. The van der Waals surface area contributed by atoms with Crippen LogP contribution in [0.1, 0.15) is 39.2 Å². The van der Waals surface area contributed by atoms with Gasteiger partial charge in [0.05, 0.1) is 6.61 Å². The number of carbonyl (C=O) groups excluding carboxylic acids is 5. The molecule has 0 radical (unpaired) electrons. The van der Waals surface area contributed by atoms with E-state index in [0.717, 1.165) is 7.05 Å². The highest BCUT2D eigenvalue weighted by Crippen LogP contribution is 2.26. The third-order valence-corrected chi connectivity index (χ3v) is 5.96. The van der Waals surface area contributed by atoms with Crippen molar-refractivity contribution in [3.63, 3.8) is 0 Å². The molecular formula is C26H34N4O12. The lowest BCUT2D eigenvalue weighted by atomic mass is 10.0. The largest absolute Gasteiger partial charge is 0.481 e. The van der Waals surface area contributed by atoms with Gasteiger partial charge in [-0.15, -0.1) is 5.01 Å². The molecule has 1 saturated heterocycles. The first-order valence-electron chi connectivity index (χ1n) is 12.9. The van der Waals surface area contributed by atoms with Crippen LogP contribution in [0.15, 0.2) is 30.3 Å². The van der Waals surface area contributed by atoms with E-state index in [1.54, 1.807) is 30.3 Å². The summed E-state index contributed by atoms with van der Waals surface area (Å²) in [6.45, 7) is 4.46. The number of hydrogen-bond donors (Lipinski definition) is 4. The number of likely N-dealkylation sites (N-methyl/N-ethyl adjacent to an activating group) is 1. The van der Waals surface area contributed by atoms with Crippen LogP contribution in [0, 0.1) is 5.92 Å². The van der Waals surface area contributed by atoms with Crippen LogP contribution in [-0.4, -0.2) is 100 Å². The molecule has 0 aliphatic carbocycles. The Kier molecular flexibility index (Phi) is 12.2. The van der Waals surface area contributed by atoms with Gasteiger partial charge in [0.25, 0.3) is 11.8 Å². The molecule has 0 unspecified atom stereocenters. The number of nitrogens with one attached hydrogen (secondary N) is 2. The van der Waals surface area contributed by atoms with E-state index in [9.17, 15) is 38.7 Å². The van der Waals surface area contributed by atoms with E-state index >= 15 is 0 Å². The number of hydrazine groups is 1. The minimum Gasteiger partial charge on any atom is -0.481 e. The summed E-state index contributed by atoms with van der Waals surface area (Å²) in [7, 11) is 0.971. The van der Waals surface area contributed by atoms with Crippen LogP contribution in [0.5, 0.6) is 0 Å². The zero-order chi connectivity index (χ0) is 31.6. The Labute approximate surface area is 240 Å². The van der Waals surface area contributed by atoms with Gasteiger partial charge in [0.15, 0.2) is 12.2 Å². The van der Waals surface area contributed by atoms with Crippen molar-refractivity contribution in [1.82, 2.24) is 20.7 Å². The predicted molar refractivity (Wildman–Crippen MR) is 140 cm³/mol. The third-order valence-electron chi connectivity index (χ3n) is 5.96. The molecule has 0 aromatic heterocycles. The van der Waals surface area contributed by atoms with E-state index in [1.165, 1.54) is 20.8 Å². The fourth-order valence-electron chi connectivity index (χ4n) is 3.71. The smallest absolute Gasteiger partial charge is 0.433 e. The van der Waals surface area contributed by atoms with Crippen molar-refractivity contribution in [3.8, 4) is 0 Å². The molecule has 1 aliphatic heterocycles. The highest BCUT2D eigenvalue weighted by molar-refractivity contribution is 6.01. The number of hydrogen-bond acceptors (Lipinski definition) is 10. The fourth-order valence-corrected chi connectivity index (χ4v) is 3.71. The van der Waals surface area contributed by atoms with Gasteiger partial charge in [-0.3, -0.25) is 19.2 Å². The van der Waals surface area contributed by atoms with E-state index in [-0.39, 0.29) is 24.6 Å². The van der Waals surface area contributed by atoms with E-state index in [0.29, 0.717) is 10.6 Å². The monoisotopic (exact) mass is 594 g/mol. The van der Waals surface area contributed by atoms with Crippen molar-refractivity contribution in [2.24, 2.45) is 5.92 Å². The number of amides is 5. The van der Waals surface area contributed by atoms with Gasteiger partial charge < -0.3 is 35.1 Å². The Morgan fingerprint density at radius 3 is 2.17 bits per heavy atom. The molecule has 0 bridgehead atoms. The zero-order valence-corrected chi connectivity index (χ0v) is 23.5. The summed E-state index contributed by atoms with van der Waals surface area (Å²) in [5.74, 6) is -6.00. The summed E-state index contributed by atoms with van der Waals surface area (Å²) in [5.41, 5.74) is 0.662. The first kappa shape index (κ1) is 33.5. The lowest BCUT2D eigenvalue weighted by molar-refractivity contribution is -0.159. The van der Waals surface area contributed by atoms with Gasteiger partial charge in [-0.25, -0.2) is 19.4 Å². The molecule has 1 heterocycles. The average Bonchev–Trinajstić information content (AvgIpc) is 3.74. The summed E-state index contributed by atoms with van der Waals surface area (Å²) in [5, 5.41) is 23.9. The van der Waals surface area contributed by atoms with Crippen LogP contribution in [0.25, 0.3) is 0 Å². The van der Waals surface area contributed by atoms with Crippen LogP contribution in [0.4, 0.5) is 9.59 Å². The third kappa shape index (κ3) is 9.43. The van der Waals surface area contributed by atoms with Gasteiger partial charge in [-0.05, 0) is 24.8 Å². The second kappa shape index (κ2) is 15.3. The van der Waals surface area contributed by atoms with Crippen molar-refractivity contribution in [2.75, 3.05) is 13.7 Å². The molecule has 4 N–H and O–H groups in total. The summed E-state index contributed by atoms with van der Waals surface area (Å²) in [4.78, 5) is 86.5. The first-order valence-corrected chi connectivity index (χ1v) is 12.9. The molecule has 5 amide bonds. The number of carboxylic acid groups (broad SMARTS) is 2. The van der Waals surface area contributed by atoms with E-state index in [2.05, 4.69) is 10.6 Å². The van der Waals surface area contributed by atoms with E-state index < -0.39 is 78.5 Å². The summed E-state index contributed by atoms with van der Waals surface area (Å²) >= 11 is 0. The van der Waals surface area contributed by atoms with Crippen molar-refractivity contribution < 1.29 is 58.0 Å². The molecule has 1 aromatic rings. The number of alkyl carbamates (subject to hydrolysis) is 1.